The largest absolute Gasteiger partial charge is 0.756 e. The Morgan fingerprint density at radius 3 is 1.08 bits per heavy atom. The maximum absolute atomic E-state index is 13.0. The molecule has 0 saturated carbocycles. The molecule has 0 heterocycles. The van der Waals surface area contributed by atoms with Crippen LogP contribution < -0.4 is 10.2 Å². The lowest BCUT2D eigenvalue weighted by atomic mass is 10.0. The number of allylic oxidation sites excluding steroid dienone is 6. The second-order valence-electron chi connectivity index (χ2n) is 24.9. The maximum Gasteiger partial charge on any atom is 0.268 e. The van der Waals surface area contributed by atoms with Crippen molar-refractivity contribution in [1.82, 2.24) is 5.32 Å². The number of quaternary nitrogens is 1. The molecule has 0 aliphatic rings. The molecule has 1 amide bonds. The number of carbonyl (C=O) groups excluding carboxylic acids is 1. The van der Waals surface area contributed by atoms with Gasteiger partial charge in [-0.15, -0.1) is 0 Å². The molecule has 0 spiro atoms. The van der Waals surface area contributed by atoms with Gasteiger partial charge in [-0.2, -0.15) is 0 Å². The Morgan fingerprint density at radius 1 is 0.449 bits per heavy atom. The predicted octanol–water partition coefficient (Wildman–Crippen LogP) is 21.0. The van der Waals surface area contributed by atoms with Crippen LogP contribution in [0.1, 0.15) is 348 Å². The molecule has 0 radical (unpaired) electrons. The number of hydrogen-bond donors (Lipinski definition) is 2. The van der Waals surface area contributed by atoms with E-state index in [1.807, 2.05) is 21.1 Å². The number of phosphoric acid groups is 1. The molecule has 78 heavy (non-hydrogen) atoms. The van der Waals surface area contributed by atoms with E-state index in [0.29, 0.717) is 23.9 Å². The highest BCUT2D eigenvalue weighted by Crippen LogP contribution is 2.38. The van der Waals surface area contributed by atoms with Gasteiger partial charge in [0.2, 0.25) is 5.91 Å². The zero-order chi connectivity index (χ0) is 57.0. The number of aliphatic hydroxyl groups excluding tert-OH is 1. The zero-order valence-electron chi connectivity index (χ0n) is 52.9. The molecule has 0 bridgehead atoms. The zero-order valence-corrected chi connectivity index (χ0v) is 53.8. The number of phosphoric ester groups is 1. The summed E-state index contributed by atoms with van der Waals surface area (Å²) in [6.07, 6.45) is 79.5. The summed E-state index contributed by atoms with van der Waals surface area (Å²) in [5.41, 5.74) is 0. The van der Waals surface area contributed by atoms with Gasteiger partial charge >= 0.3 is 0 Å². The van der Waals surface area contributed by atoms with E-state index in [4.69, 9.17) is 9.05 Å². The van der Waals surface area contributed by atoms with E-state index in [1.54, 1.807) is 0 Å². The van der Waals surface area contributed by atoms with E-state index in [2.05, 4.69) is 55.6 Å². The van der Waals surface area contributed by atoms with Crippen LogP contribution in [-0.2, 0) is 18.4 Å². The van der Waals surface area contributed by atoms with E-state index in [9.17, 15) is 19.4 Å². The van der Waals surface area contributed by atoms with Gasteiger partial charge < -0.3 is 28.8 Å². The minimum Gasteiger partial charge on any atom is -0.756 e. The number of rotatable bonds is 64. The van der Waals surface area contributed by atoms with Crippen LogP contribution in [-0.4, -0.2) is 68.5 Å². The average Bonchev–Trinajstić information content (AvgIpc) is 3.41. The molecule has 9 heteroatoms. The monoisotopic (exact) mass is 1120 g/mol. The predicted molar refractivity (Wildman–Crippen MR) is 339 cm³/mol. The van der Waals surface area contributed by atoms with Gasteiger partial charge in [0.1, 0.15) is 13.2 Å². The Bertz CT molecular complexity index is 1360. The second-order valence-corrected chi connectivity index (χ2v) is 26.3. The summed E-state index contributed by atoms with van der Waals surface area (Å²) in [7, 11) is 1.32. The summed E-state index contributed by atoms with van der Waals surface area (Å²) in [6, 6.07) is -0.798. The number of aliphatic hydroxyl groups is 1. The van der Waals surface area contributed by atoms with Crippen LogP contribution in [0.5, 0.6) is 0 Å². The fraction of sp³-hybridized carbons (Fsp3) is 0.899. The highest BCUT2D eigenvalue weighted by atomic mass is 31.2. The number of amides is 1. The number of unbranched alkanes of at least 4 members (excludes halogenated alkanes) is 45. The fourth-order valence-corrected chi connectivity index (χ4v) is 11.2. The normalized spacial score (nSPS) is 13.9. The Hall–Kier alpha value is -1.28. The SMILES string of the molecule is CCCCCCC/C=C\C/C=C\C/C=C\CCCCCCCCCCCCCCCCCCCCCCCCCCCCC(=O)NC(COP(=O)([O-])OCC[N+](C)(C)C)C(O)CCCCCCCCCCCCCCCCC. The maximum atomic E-state index is 13.0. The minimum atomic E-state index is -4.57. The Morgan fingerprint density at radius 2 is 0.744 bits per heavy atom. The van der Waals surface area contributed by atoms with Gasteiger partial charge in [-0.1, -0.05) is 326 Å². The van der Waals surface area contributed by atoms with Crippen LogP contribution >= 0.6 is 7.82 Å². The molecular weight excluding hydrogens is 984 g/mol. The van der Waals surface area contributed by atoms with Crippen molar-refractivity contribution in [2.24, 2.45) is 0 Å². The van der Waals surface area contributed by atoms with E-state index >= 15 is 0 Å². The summed E-state index contributed by atoms with van der Waals surface area (Å²) in [6.45, 7) is 4.75. The van der Waals surface area contributed by atoms with E-state index in [1.165, 1.54) is 270 Å². The lowest BCUT2D eigenvalue weighted by molar-refractivity contribution is -0.870. The molecule has 0 fully saturated rings. The summed E-state index contributed by atoms with van der Waals surface area (Å²) < 4.78 is 23.5. The number of hydrogen-bond acceptors (Lipinski definition) is 6. The third kappa shape index (κ3) is 62.3. The van der Waals surface area contributed by atoms with Crippen LogP contribution in [0.25, 0.3) is 0 Å². The van der Waals surface area contributed by atoms with E-state index in [0.717, 1.165) is 51.4 Å². The highest BCUT2D eigenvalue weighted by molar-refractivity contribution is 7.45. The first kappa shape index (κ1) is 76.7. The van der Waals surface area contributed by atoms with Gasteiger partial charge in [-0.3, -0.25) is 9.36 Å². The van der Waals surface area contributed by atoms with Gasteiger partial charge in [-0.05, 0) is 51.4 Å². The summed E-state index contributed by atoms with van der Waals surface area (Å²) in [4.78, 5) is 25.6. The number of nitrogens with one attached hydrogen (secondary N) is 1. The number of carbonyl (C=O) groups is 1. The lowest BCUT2D eigenvalue weighted by Crippen LogP contribution is -2.46. The first-order valence-corrected chi connectivity index (χ1v) is 35.8. The Labute approximate surface area is 487 Å². The molecule has 3 atom stereocenters. The highest BCUT2D eigenvalue weighted by Gasteiger charge is 2.24. The average molecular weight is 1120 g/mol. The molecule has 2 N–H and O–H groups in total. The molecule has 0 aromatic rings. The van der Waals surface area contributed by atoms with Gasteiger partial charge in [0.15, 0.2) is 0 Å². The van der Waals surface area contributed by atoms with Crippen molar-refractivity contribution < 1.29 is 32.9 Å². The summed E-state index contributed by atoms with van der Waals surface area (Å²) in [5.74, 6) is -0.158. The first-order chi connectivity index (χ1) is 38.0. The van der Waals surface area contributed by atoms with E-state index in [-0.39, 0.29) is 19.1 Å². The molecule has 3 unspecified atom stereocenters. The Kier molecular flexibility index (Phi) is 59.3. The fourth-order valence-electron chi connectivity index (χ4n) is 10.5. The molecule has 0 saturated heterocycles. The van der Waals surface area contributed by atoms with Crippen molar-refractivity contribution in [3.8, 4) is 0 Å². The van der Waals surface area contributed by atoms with Gasteiger partial charge in [0.05, 0.1) is 39.9 Å². The second kappa shape index (κ2) is 60.3. The molecule has 0 aromatic carbocycles. The van der Waals surface area contributed by atoms with Gasteiger partial charge in [0, 0.05) is 6.42 Å². The molecule has 8 nitrogen and oxygen atoms in total. The molecule has 0 rings (SSSR count). The molecule has 462 valence electrons. The lowest BCUT2D eigenvalue weighted by Gasteiger charge is -2.30. The Balaban J connectivity index is 3.84. The van der Waals surface area contributed by atoms with Crippen LogP contribution in [0.4, 0.5) is 0 Å². The van der Waals surface area contributed by atoms with Crippen molar-refractivity contribution in [1.29, 1.82) is 0 Å². The van der Waals surface area contributed by atoms with Crippen LogP contribution in [0.15, 0.2) is 36.5 Å². The van der Waals surface area contributed by atoms with Crippen molar-refractivity contribution in [3.63, 3.8) is 0 Å². The molecule has 0 aromatic heterocycles. The van der Waals surface area contributed by atoms with Crippen molar-refractivity contribution in [2.75, 3.05) is 40.9 Å². The third-order valence-corrected chi connectivity index (χ3v) is 16.8. The van der Waals surface area contributed by atoms with Gasteiger partial charge in [-0.25, -0.2) is 0 Å². The van der Waals surface area contributed by atoms with Crippen molar-refractivity contribution in [2.45, 2.75) is 360 Å². The topological polar surface area (TPSA) is 108 Å². The minimum absolute atomic E-state index is 0.0148. The van der Waals surface area contributed by atoms with Crippen LogP contribution in [0.3, 0.4) is 0 Å². The third-order valence-electron chi connectivity index (χ3n) is 15.9. The van der Waals surface area contributed by atoms with Gasteiger partial charge in [0.25, 0.3) is 7.82 Å². The quantitative estimate of drug-likeness (QED) is 0.0272. The first-order valence-electron chi connectivity index (χ1n) is 34.3. The molecule has 0 aliphatic heterocycles. The van der Waals surface area contributed by atoms with E-state index < -0.39 is 20.0 Å². The molecular formula is C69H135N2O6P. The number of likely N-dealkylation sites (N-methyl/N-ethyl adjacent to an activating group) is 1. The summed E-state index contributed by atoms with van der Waals surface area (Å²) in [5, 5.41) is 14.0. The number of nitrogens with zero attached hydrogens (tertiary/aromatic N) is 1. The summed E-state index contributed by atoms with van der Waals surface area (Å²) >= 11 is 0. The standard InChI is InChI=1S/C69H135N2O6P/c1-6-8-10-12-14-16-18-20-22-23-24-25-26-27-28-29-30-31-32-33-34-35-36-37-38-39-40-41-42-43-44-45-46-47-49-51-53-55-57-59-61-63-69(73)70-67(66-77-78(74,75)76-65-64-71(3,4)5)68(72)62-60-58-56-54-52-50-48-21-19-17-15-13-11-9-7-2/h18,20,23-24,26-27,67-68,72H,6-17,19,21-22,25,28-66H2,1-5H3,(H-,70,73,74,75)/b20-18-,24-23-,27-26-. The smallest absolute Gasteiger partial charge is 0.268 e. The van der Waals surface area contributed by atoms with Crippen molar-refractivity contribution in [3.05, 3.63) is 36.5 Å². The van der Waals surface area contributed by atoms with Crippen LogP contribution in [0, 0.1) is 0 Å². The molecule has 0 aliphatic carbocycles. The van der Waals surface area contributed by atoms with Crippen molar-refractivity contribution >= 4 is 13.7 Å². The van der Waals surface area contributed by atoms with Crippen LogP contribution in [0.2, 0.25) is 0 Å².